The van der Waals surface area contributed by atoms with Gasteiger partial charge in [-0.1, -0.05) is 15.9 Å². The fourth-order valence-electron chi connectivity index (χ4n) is 1.99. The Labute approximate surface area is 156 Å². The van der Waals surface area contributed by atoms with E-state index in [0.717, 1.165) is 18.4 Å². The largest absolute Gasteiger partial charge is 0.371 e. The van der Waals surface area contributed by atoms with Crippen molar-refractivity contribution < 1.29 is 27.2 Å². The number of nitrogens with zero attached hydrogens (tertiary/aromatic N) is 2. The molecule has 26 heavy (non-hydrogen) atoms. The maximum Gasteiger partial charge on any atom is 0.302 e. The highest BCUT2D eigenvalue weighted by Gasteiger charge is 2.30. The van der Waals surface area contributed by atoms with Gasteiger partial charge < -0.3 is 11.1 Å². The molecule has 0 heterocycles. The van der Waals surface area contributed by atoms with Crippen molar-refractivity contribution in [3.05, 3.63) is 37.9 Å². The molecule has 3 N–H and O–H groups in total. The number of anilines is 1. The van der Waals surface area contributed by atoms with E-state index in [1.807, 2.05) is 0 Å². The number of nitrogens with one attached hydrogen (secondary N) is 1. The van der Waals surface area contributed by atoms with E-state index < -0.39 is 47.8 Å². The van der Waals surface area contributed by atoms with Crippen LogP contribution in [0, 0.1) is 20.2 Å². The summed E-state index contributed by atoms with van der Waals surface area (Å²) in [5.41, 5.74) is 3.54. The number of halogens is 1. The highest BCUT2D eigenvalue weighted by Crippen LogP contribution is 2.38. The van der Waals surface area contributed by atoms with Crippen LogP contribution in [0.4, 0.5) is 17.1 Å². The zero-order valence-electron chi connectivity index (χ0n) is 13.4. The summed E-state index contributed by atoms with van der Waals surface area (Å²) in [5.74, 6) is -0.756. The number of nitro benzene ring substituents is 2. The van der Waals surface area contributed by atoms with Crippen LogP contribution in [-0.4, -0.2) is 48.4 Å². The van der Waals surface area contributed by atoms with Gasteiger partial charge in [-0.05, 0) is 6.07 Å². The predicted molar refractivity (Wildman–Crippen MR) is 94.6 cm³/mol. The summed E-state index contributed by atoms with van der Waals surface area (Å²) in [4.78, 5) is 31.2. The SMILES string of the molecule is CS(=O)(=O)OCCNc1c([N+](=O)[O-])ccc(CC(Br)C(N)=O)c1[N+](=O)[O-]. The number of carbonyl (C=O) groups excluding carboxylic acids is 1. The van der Waals surface area contributed by atoms with E-state index >= 15 is 0 Å². The molecule has 12 nitrogen and oxygen atoms in total. The minimum atomic E-state index is -3.73. The molecule has 1 amide bonds. The third-order valence-electron chi connectivity index (χ3n) is 3.03. The highest BCUT2D eigenvalue weighted by atomic mass is 79.9. The van der Waals surface area contributed by atoms with Gasteiger partial charge in [-0.15, -0.1) is 0 Å². The molecule has 0 saturated heterocycles. The Kier molecular flexibility index (Phi) is 7.41. The number of nitro groups is 2. The van der Waals surface area contributed by atoms with Gasteiger partial charge >= 0.3 is 5.69 Å². The van der Waals surface area contributed by atoms with Crippen molar-refractivity contribution in [1.29, 1.82) is 0 Å². The van der Waals surface area contributed by atoms with Crippen LogP contribution >= 0.6 is 15.9 Å². The van der Waals surface area contributed by atoms with Crippen molar-refractivity contribution in [3.8, 4) is 0 Å². The zero-order valence-corrected chi connectivity index (χ0v) is 15.8. The first-order valence-electron chi connectivity index (χ1n) is 6.90. The Morgan fingerprint density at radius 3 is 2.42 bits per heavy atom. The van der Waals surface area contributed by atoms with Crippen LogP contribution in [0.25, 0.3) is 0 Å². The van der Waals surface area contributed by atoms with Crippen molar-refractivity contribution in [3.63, 3.8) is 0 Å². The van der Waals surface area contributed by atoms with Crippen molar-refractivity contribution in [2.24, 2.45) is 5.73 Å². The molecule has 0 saturated carbocycles. The van der Waals surface area contributed by atoms with Gasteiger partial charge in [0.25, 0.3) is 15.8 Å². The van der Waals surface area contributed by atoms with Crippen LogP contribution < -0.4 is 11.1 Å². The second-order valence-corrected chi connectivity index (χ2v) is 7.76. The molecule has 144 valence electrons. The van der Waals surface area contributed by atoms with E-state index in [1.165, 1.54) is 0 Å². The average molecular weight is 455 g/mol. The number of rotatable bonds is 10. The topological polar surface area (TPSA) is 185 Å². The molecular weight excluding hydrogens is 440 g/mol. The van der Waals surface area contributed by atoms with E-state index in [2.05, 4.69) is 25.4 Å². The fourth-order valence-corrected chi connectivity index (χ4v) is 2.72. The van der Waals surface area contributed by atoms with Crippen molar-refractivity contribution in [1.82, 2.24) is 0 Å². The van der Waals surface area contributed by atoms with Crippen molar-refractivity contribution >= 4 is 49.0 Å². The average Bonchev–Trinajstić information content (AvgIpc) is 2.49. The predicted octanol–water partition coefficient (Wildman–Crippen LogP) is 0.682. The summed E-state index contributed by atoms with van der Waals surface area (Å²) in [6.07, 6.45) is 0.649. The number of hydrogen-bond donors (Lipinski definition) is 2. The van der Waals surface area contributed by atoms with Gasteiger partial charge in [-0.25, -0.2) is 0 Å². The summed E-state index contributed by atoms with van der Waals surface area (Å²) < 4.78 is 26.3. The van der Waals surface area contributed by atoms with Gasteiger partial charge in [0.1, 0.15) is 0 Å². The number of alkyl halides is 1. The molecule has 0 aromatic heterocycles. The van der Waals surface area contributed by atoms with Gasteiger partial charge in [-0.2, -0.15) is 8.42 Å². The maximum atomic E-state index is 11.4. The zero-order chi connectivity index (χ0) is 20.1. The number of primary amides is 1. The lowest BCUT2D eigenvalue weighted by molar-refractivity contribution is -0.392. The van der Waals surface area contributed by atoms with Crippen molar-refractivity contribution in [2.75, 3.05) is 24.7 Å². The van der Waals surface area contributed by atoms with E-state index in [0.29, 0.717) is 0 Å². The van der Waals surface area contributed by atoms with Crippen LogP contribution in [0.2, 0.25) is 0 Å². The van der Waals surface area contributed by atoms with Crippen molar-refractivity contribution in [2.45, 2.75) is 11.2 Å². The summed E-state index contributed by atoms with van der Waals surface area (Å²) in [7, 11) is -3.73. The number of nitrogens with two attached hydrogens (primary N) is 1. The Morgan fingerprint density at radius 1 is 1.35 bits per heavy atom. The number of benzene rings is 1. The molecule has 1 rings (SSSR count). The summed E-state index contributed by atoms with van der Waals surface area (Å²) in [6, 6.07) is 2.20. The first kappa shape index (κ1) is 21.7. The molecule has 0 aliphatic carbocycles. The van der Waals surface area contributed by atoms with E-state index in [1.54, 1.807) is 0 Å². The molecule has 0 aliphatic heterocycles. The fraction of sp³-hybridized carbons (Fsp3) is 0.417. The maximum absolute atomic E-state index is 11.4. The Morgan fingerprint density at radius 2 is 1.96 bits per heavy atom. The lowest BCUT2D eigenvalue weighted by atomic mass is 10.0. The van der Waals surface area contributed by atoms with Gasteiger partial charge in [0.05, 0.1) is 27.5 Å². The first-order valence-corrected chi connectivity index (χ1v) is 9.63. The summed E-state index contributed by atoms with van der Waals surface area (Å²) in [5, 5.41) is 25.1. The molecule has 14 heteroatoms. The molecule has 0 aliphatic rings. The number of carbonyl (C=O) groups is 1. The molecule has 0 spiro atoms. The normalized spacial score (nSPS) is 12.4. The monoisotopic (exact) mass is 454 g/mol. The highest BCUT2D eigenvalue weighted by molar-refractivity contribution is 9.10. The minimum absolute atomic E-state index is 0.0350. The molecule has 0 fully saturated rings. The molecule has 1 atom stereocenters. The quantitative estimate of drug-likeness (QED) is 0.168. The van der Waals surface area contributed by atoms with E-state index in [4.69, 9.17) is 5.73 Å². The Bertz CT molecular complexity index is 829. The van der Waals surface area contributed by atoms with Gasteiger partial charge in [0.15, 0.2) is 5.69 Å². The lowest BCUT2D eigenvalue weighted by Crippen LogP contribution is -2.25. The second-order valence-electron chi connectivity index (χ2n) is 5.01. The molecule has 1 aromatic rings. The van der Waals surface area contributed by atoms with Crippen LogP contribution in [0.5, 0.6) is 0 Å². The smallest absolute Gasteiger partial charge is 0.302 e. The van der Waals surface area contributed by atoms with E-state index in [-0.39, 0.29) is 25.1 Å². The van der Waals surface area contributed by atoms with Gasteiger partial charge in [0, 0.05) is 24.6 Å². The second kappa shape index (κ2) is 8.86. The number of amides is 1. The van der Waals surface area contributed by atoms with E-state index in [9.17, 15) is 33.4 Å². The summed E-state index contributed by atoms with van der Waals surface area (Å²) in [6.45, 7) is -0.633. The third-order valence-corrected chi connectivity index (χ3v) is 4.40. The first-order chi connectivity index (χ1) is 11.9. The molecule has 1 unspecified atom stereocenters. The van der Waals surface area contributed by atoms with Crippen LogP contribution in [0.3, 0.4) is 0 Å². The molecule has 0 radical (unpaired) electrons. The standard InChI is InChI=1S/C12H15BrN4O8S/c1-26(23,24)25-5-4-15-10-9(16(19)20)3-2-7(11(10)17(21)22)6-8(13)12(14)18/h2-3,8,15H,4-6H2,1H3,(H2,14,18). The molecular formula is C12H15BrN4O8S. The van der Waals surface area contributed by atoms with Crippen LogP contribution in [0.15, 0.2) is 12.1 Å². The summed E-state index contributed by atoms with van der Waals surface area (Å²) >= 11 is 2.98. The molecule has 1 aromatic carbocycles. The van der Waals surface area contributed by atoms with Gasteiger partial charge in [0.2, 0.25) is 5.91 Å². The Balaban J connectivity index is 3.26. The number of hydrogen-bond acceptors (Lipinski definition) is 9. The minimum Gasteiger partial charge on any atom is -0.371 e. The Hall–Kier alpha value is -2.32. The van der Waals surface area contributed by atoms with Crippen LogP contribution in [-0.2, 0) is 25.5 Å². The molecule has 0 bridgehead atoms. The lowest BCUT2D eigenvalue weighted by Gasteiger charge is -2.12. The third kappa shape index (κ3) is 6.20. The van der Waals surface area contributed by atoms with Gasteiger partial charge in [-0.3, -0.25) is 29.2 Å². The van der Waals surface area contributed by atoms with Crippen LogP contribution in [0.1, 0.15) is 5.56 Å².